The maximum atomic E-state index is 13.3. The number of halogens is 1. The maximum absolute atomic E-state index is 13.3. The van der Waals surface area contributed by atoms with Crippen LogP contribution in [-0.4, -0.2) is 20.6 Å². The van der Waals surface area contributed by atoms with Crippen LogP contribution in [0.3, 0.4) is 0 Å². The lowest BCUT2D eigenvalue weighted by molar-refractivity contribution is -0.119. The van der Waals surface area contributed by atoms with Crippen LogP contribution in [0.2, 0.25) is 5.02 Å². The summed E-state index contributed by atoms with van der Waals surface area (Å²) in [4.78, 5) is 30.3. The quantitative estimate of drug-likeness (QED) is 0.585. The fourth-order valence-electron chi connectivity index (χ4n) is 3.34. The van der Waals surface area contributed by atoms with Crippen LogP contribution in [0, 0.1) is 6.92 Å². The predicted molar refractivity (Wildman–Crippen MR) is 110 cm³/mol. The molecule has 0 N–H and O–H groups in total. The highest BCUT2D eigenvalue weighted by Crippen LogP contribution is 2.32. The zero-order chi connectivity index (χ0) is 19.0. The van der Waals surface area contributed by atoms with Gasteiger partial charge in [-0.3, -0.25) is 14.2 Å². The van der Waals surface area contributed by atoms with Crippen molar-refractivity contribution >= 4 is 40.0 Å². The predicted octanol–water partition coefficient (Wildman–Crippen LogP) is 4.95. The number of hydrogen-bond donors (Lipinski definition) is 0. The monoisotopic (exact) mass is 398 g/mol. The minimum atomic E-state index is -0.154. The molecule has 0 aliphatic heterocycles. The molecule has 1 aliphatic carbocycles. The number of fused-ring (bicyclic) bond motifs is 1. The van der Waals surface area contributed by atoms with Crippen molar-refractivity contribution in [3.05, 3.63) is 63.4 Å². The van der Waals surface area contributed by atoms with Gasteiger partial charge in [-0.05, 0) is 50.1 Å². The van der Waals surface area contributed by atoms with Crippen molar-refractivity contribution in [2.24, 2.45) is 0 Å². The summed E-state index contributed by atoms with van der Waals surface area (Å²) in [6.45, 7) is 2.00. The first kappa shape index (κ1) is 18.3. The van der Waals surface area contributed by atoms with Crippen molar-refractivity contribution in [2.45, 2.75) is 43.0 Å². The third kappa shape index (κ3) is 3.66. The molecule has 0 radical (unpaired) electrons. The maximum Gasteiger partial charge on any atom is 0.266 e. The van der Waals surface area contributed by atoms with Crippen molar-refractivity contribution in [2.75, 3.05) is 0 Å². The lowest BCUT2D eigenvalue weighted by Gasteiger charge is -2.21. The molecule has 0 bridgehead atoms. The average molecular weight is 399 g/mol. The second-order valence-electron chi connectivity index (χ2n) is 6.85. The second-order valence-corrected chi connectivity index (χ2v) is 8.46. The third-order valence-electron chi connectivity index (χ3n) is 4.84. The Bertz CT molecular complexity index is 1080. The SMILES string of the molecule is Cc1ccc(-n2c(S[C@H]3CCCCC3=O)nc3cc(Cl)ccc3c2=O)cc1. The molecular formula is C21H19ClN2O2S. The molecule has 1 saturated carbocycles. The fraction of sp³-hybridized carbons (Fsp3) is 0.286. The van der Waals surface area contributed by atoms with Crippen molar-refractivity contribution in [3.8, 4) is 5.69 Å². The van der Waals surface area contributed by atoms with E-state index in [-0.39, 0.29) is 16.6 Å². The molecule has 0 unspecified atom stereocenters. The van der Waals surface area contributed by atoms with Gasteiger partial charge in [0.2, 0.25) is 0 Å². The van der Waals surface area contributed by atoms with Crippen molar-refractivity contribution in [1.29, 1.82) is 0 Å². The number of benzene rings is 2. The highest BCUT2D eigenvalue weighted by Gasteiger charge is 2.26. The van der Waals surface area contributed by atoms with Gasteiger partial charge in [0.1, 0.15) is 5.78 Å². The molecule has 6 heteroatoms. The molecule has 1 heterocycles. The average Bonchev–Trinajstić information content (AvgIpc) is 2.65. The molecule has 27 heavy (non-hydrogen) atoms. The number of nitrogens with zero attached hydrogens (tertiary/aromatic N) is 2. The number of thioether (sulfide) groups is 1. The van der Waals surface area contributed by atoms with E-state index in [1.165, 1.54) is 11.8 Å². The first-order valence-corrected chi connectivity index (χ1v) is 10.3. The zero-order valence-electron chi connectivity index (χ0n) is 14.9. The number of aryl methyl sites for hydroxylation is 1. The summed E-state index contributed by atoms with van der Waals surface area (Å²) < 4.78 is 1.61. The van der Waals surface area contributed by atoms with Crippen molar-refractivity contribution in [1.82, 2.24) is 9.55 Å². The smallest absolute Gasteiger partial charge is 0.266 e. The van der Waals surface area contributed by atoms with E-state index >= 15 is 0 Å². The Morgan fingerprint density at radius 3 is 2.63 bits per heavy atom. The van der Waals surface area contributed by atoms with Crippen LogP contribution in [0.25, 0.3) is 16.6 Å². The van der Waals surface area contributed by atoms with Crippen molar-refractivity contribution in [3.63, 3.8) is 0 Å². The molecule has 1 aromatic heterocycles. The van der Waals surface area contributed by atoms with Crippen LogP contribution in [0.4, 0.5) is 0 Å². The molecule has 2 aromatic carbocycles. The number of hydrogen-bond acceptors (Lipinski definition) is 4. The molecule has 3 aromatic rings. The minimum Gasteiger partial charge on any atom is -0.298 e. The number of carbonyl (C=O) groups excluding carboxylic acids is 1. The molecule has 1 fully saturated rings. The van der Waals surface area contributed by atoms with Gasteiger partial charge < -0.3 is 0 Å². The topological polar surface area (TPSA) is 52.0 Å². The van der Waals surface area contributed by atoms with Gasteiger partial charge in [0.15, 0.2) is 5.16 Å². The van der Waals surface area contributed by atoms with Gasteiger partial charge >= 0.3 is 0 Å². The molecule has 138 valence electrons. The summed E-state index contributed by atoms with van der Waals surface area (Å²) in [6.07, 6.45) is 3.39. The van der Waals surface area contributed by atoms with Gasteiger partial charge in [-0.25, -0.2) is 4.98 Å². The summed E-state index contributed by atoms with van der Waals surface area (Å²) in [5.41, 5.74) is 2.28. The zero-order valence-corrected chi connectivity index (χ0v) is 16.5. The van der Waals surface area contributed by atoms with Crippen LogP contribution >= 0.6 is 23.4 Å². The Morgan fingerprint density at radius 1 is 1.11 bits per heavy atom. The Hall–Kier alpha value is -2.11. The summed E-state index contributed by atoms with van der Waals surface area (Å²) in [7, 11) is 0. The number of carbonyl (C=O) groups is 1. The molecule has 0 amide bonds. The van der Waals surface area contributed by atoms with Gasteiger partial charge in [0, 0.05) is 11.4 Å². The summed E-state index contributed by atoms with van der Waals surface area (Å²) >= 11 is 7.50. The first-order chi connectivity index (χ1) is 13.0. The Labute approximate surface area is 166 Å². The van der Waals surface area contributed by atoms with Gasteiger partial charge in [-0.15, -0.1) is 0 Å². The molecule has 0 spiro atoms. The number of Topliss-reactive ketones (excluding diaryl/α,β-unsaturated/α-hetero) is 1. The molecule has 4 rings (SSSR count). The third-order valence-corrected chi connectivity index (χ3v) is 6.34. The summed E-state index contributed by atoms with van der Waals surface area (Å²) in [5, 5.41) is 1.43. The highest BCUT2D eigenvalue weighted by molar-refractivity contribution is 8.00. The van der Waals surface area contributed by atoms with Crippen LogP contribution in [0.5, 0.6) is 0 Å². The molecule has 0 saturated heterocycles. The first-order valence-electron chi connectivity index (χ1n) is 9.01. The van der Waals surface area contributed by atoms with Gasteiger partial charge in [0.05, 0.1) is 21.8 Å². The summed E-state index contributed by atoms with van der Waals surface area (Å²) in [6, 6.07) is 12.9. The van der Waals surface area contributed by atoms with Gasteiger partial charge in [0.25, 0.3) is 5.56 Å². The standard InChI is InChI=1S/C21H19ClN2O2S/c1-13-6-9-15(10-7-13)24-20(26)16-11-8-14(22)12-17(16)23-21(24)27-19-5-3-2-4-18(19)25/h6-12,19H,2-5H2,1H3/t19-/m0/s1. The highest BCUT2D eigenvalue weighted by atomic mass is 35.5. The van der Waals surface area contributed by atoms with Crippen LogP contribution in [0.1, 0.15) is 31.2 Å². The lowest BCUT2D eigenvalue weighted by atomic mass is 9.99. The summed E-state index contributed by atoms with van der Waals surface area (Å²) in [5.74, 6) is 0.238. The Morgan fingerprint density at radius 2 is 1.89 bits per heavy atom. The second kappa shape index (κ2) is 7.49. The van der Waals surface area contributed by atoms with E-state index in [1.54, 1.807) is 22.8 Å². The number of aromatic nitrogens is 2. The Balaban J connectivity index is 1.90. The molecule has 4 nitrogen and oxygen atoms in total. The fourth-order valence-corrected chi connectivity index (χ4v) is 4.74. The minimum absolute atomic E-state index is 0.147. The molecule has 1 aliphatic rings. The normalized spacial score (nSPS) is 17.4. The van der Waals surface area contributed by atoms with E-state index in [0.717, 1.165) is 30.5 Å². The van der Waals surface area contributed by atoms with Crippen molar-refractivity contribution < 1.29 is 4.79 Å². The van der Waals surface area contributed by atoms with Crippen LogP contribution < -0.4 is 5.56 Å². The lowest BCUT2D eigenvalue weighted by Crippen LogP contribution is -2.26. The van der Waals surface area contributed by atoms with Crippen LogP contribution in [0.15, 0.2) is 52.4 Å². The number of rotatable bonds is 3. The van der Waals surface area contributed by atoms with Crippen LogP contribution in [-0.2, 0) is 4.79 Å². The van der Waals surface area contributed by atoms with Gasteiger partial charge in [-0.2, -0.15) is 0 Å². The molecular weight excluding hydrogens is 380 g/mol. The largest absolute Gasteiger partial charge is 0.298 e. The Kier molecular flexibility index (Phi) is 5.06. The van der Waals surface area contributed by atoms with E-state index in [0.29, 0.717) is 27.5 Å². The van der Waals surface area contributed by atoms with E-state index in [1.807, 2.05) is 31.2 Å². The van der Waals surface area contributed by atoms with Gasteiger partial charge in [-0.1, -0.05) is 47.5 Å². The van der Waals surface area contributed by atoms with E-state index in [2.05, 4.69) is 0 Å². The van der Waals surface area contributed by atoms with E-state index in [4.69, 9.17) is 16.6 Å². The number of ketones is 1. The molecule has 1 atom stereocenters. The van der Waals surface area contributed by atoms with E-state index < -0.39 is 0 Å². The van der Waals surface area contributed by atoms with E-state index in [9.17, 15) is 9.59 Å².